The van der Waals surface area contributed by atoms with Crippen molar-refractivity contribution in [3.8, 4) is 0 Å². The smallest absolute Gasteiger partial charge is 0.253 e. The number of hydrogen-bond acceptors (Lipinski definition) is 5. The molecule has 2 rings (SSSR count). The summed E-state index contributed by atoms with van der Waals surface area (Å²) in [6, 6.07) is 5.35. The van der Waals surface area contributed by atoms with Crippen molar-refractivity contribution in [1.82, 2.24) is 9.88 Å². The van der Waals surface area contributed by atoms with Gasteiger partial charge in [0.05, 0.1) is 15.8 Å². The lowest BCUT2D eigenvalue weighted by atomic mass is 10.1. The normalized spacial score (nSPS) is 11.8. The minimum atomic E-state index is -0.912. The molecule has 0 saturated heterocycles. The number of nitrogen functional groups attached to an aromatic ring is 1. The Kier molecular flexibility index (Phi) is 3.96. The van der Waals surface area contributed by atoms with Crippen molar-refractivity contribution in [2.75, 3.05) is 18.8 Å². The van der Waals surface area contributed by atoms with Crippen LogP contribution < -0.4 is 5.73 Å². The summed E-state index contributed by atoms with van der Waals surface area (Å²) in [5.74, 6) is -0.0940. The van der Waals surface area contributed by atoms with Gasteiger partial charge >= 0.3 is 0 Å². The summed E-state index contributed by atoms with van der Waals surface area (Å²) >= 11 is 1.36. The third kappa shape index (κ3) is 3.26. The average Bonchev–Trinajstić information content (AvgIpc) is 2.72. The van der Waals surface area contributed by atoms with Crippen LogP contribution >= 0.6 is 11.3 Å². The fourth-order valence-electron chi connectivity index (χ4n) is 2.05. The molecule has 0 saturated carbocycles. The van der Waals surface area contributed by atoms with E-state index in [1.54, 1.807) is 36.9 Å². The summed E-state index contributed by atoms with van der Waals surface area (Å²) in [7, 11) is 0. The predicted octanol–water partition coefficient (Wildman–Crippen LogP) is 2.11. The Morgan fingerprint density at radius 1 is 1.50 bits per heavy atom. The zero-order valence-corrected chi connectivity index (χ0v) is 12.7. The van der Waals surface area contributed by atoms with E-state index in [4.69, 9.17) is 5.73 Å². The van der Waals surface area contributed by atoms with Gasteiger partial charge in [-0.05, 0) is 39.0 Å². The first kappa shape index (κ1) is 14.7. The SMILES string of the molecule is CCN(CC(C)(C)O)C(=O)c1ccc2nc(N)sc2c1. The molecule has 0 aliphatic carbocycles. The molecule has 20 heavy (non-hydrogen) atoms. The lowest BCUT2D eigenvalue weighted by molar-refractivity contribution is 0.0315. The van der Waals surface area contributed by atoms with Gasteiger partial charge in [-0.1, -0.05) is 11.3 Å². The molecular formula is C14H19N3O2S. The second kappa shape index (κ2) is 5.38. The van der Waals surface area contributed by atoms with Crippen LogP contribution in [0.15, 0.2) is 18.2 Å². The number of thiazole rings is 1. The van der Waals surface area contributed by atoms with Gasteiger partial charge in [0, 0.05) is 18.7 Å². The Bertz CT molecular complexity index is 631. The highest BCUT2D eigenvalue weighted by atomic mass is 32.1. The number of likely N-dealkylation sites (N-methyl/N-ethyl adjacent to an activating group) is 1. The molecule has 0 spiro atoms. The number of carbonyl (C=O) groups is 1. The van der Waals surface area contributed by atoms with Gasteiger partial charge in [-0.25, -0.2) is 4.98 Å². The van der Waals surface area contributed by atoms with Crippen LogP contribution in [0.5, 0.6) is 0 Å². The summed E-state index contributed by atoms with van der Waals surface area (Å²) in [6.07, 6.45) is 0. The van der Waals surface area contributed by atoms with E-state index in [9.17, 15) is 9.90 Å². The van der Waals surface area contributed by atoms with Crippen molar-refractivity contribution in [1.29, 1.82) is 0 Å². The maximum absolute atomic E-state index is 12.5. The summed E-state index contributed by atoms with van der Waals surface area (Å²) in [5, 5.41) is 10.4. The highest BCUT2D eigenvalue weighted by Gasteiger charge is 2.22. The van der Waals surface area contributed by atoms with Crippen molar-refractivity contribution >= 4 is 32.6 Å². The molecule has 3 N–H and O–H groups in total. The topological polar surface area (TPSA) is 79.5 Å². The van der Waals surface area contributed by atoms with Crippen LogP contribution in [0.4, 0.5) is 5.13 Å². The Morgan fingerprint density at radius 3 is 2.80 bits per heavy atom. The van der Waals surface area contributed by atoms with Gasteiger partial charge in [-0.2, -0.15) is 0 Å². The molecule has 0 atom stereocenters. The number of aromatic nitrogens is 1. The van der Waals surface area contributed by atoms with Crippen LogP contribution in [0.1, 0.15) is 31.1 Å². The second-order valence-electron chi connectivity index (χ2n) is 5.37. The van der Waals surface area contributed by atoms with E-state index in [1.807, 2.05) is 6.92 Å². The average molecular weight is 293 g/mol. The highest BCUT2D eigenvalue weighted by Crippen LogP contribution is 2.25. The molecular weight excluding hydrogens is 274 g/mol. The van der Waals surface area contributed by atoms with Crippen LogP contribution in [0, 0.1) is 0 Å². The Hall–Kier alpha value is -1.66. The molecule has 5 nitrogen and oxygen atoms in total. The number of benzene rings is 1. The minimum absolute atomic E-state index is 0.0940. The number of hydrogen-bond donors (Lipinski definition) is 2. The number of aliphatic hydroxyl groups is 1. The first-order chi connectivity index (χ1) is 9.30. The second-order valence-corrected chi connectivity index (χ2v) is 6.43. The largest absolute Gasteiger partial charge is 0.389 e. The lowest BCUT2D eigenvalue weighted by Crippen LogP contribution is -2.42. The summed E-state index contributed by atoms with van der Waals surface area (Å²) in [5.41, 5.74) is 6.14. The van der Waals surface area contributed by atoms with E-state index < -0.39 is 5.60 Å². The number of amides is 1. The van der Waals surface area contributed by atoms with Gasteiger partial charge in [0.25, 0.3) is 5.91 Å². The van der Waals surface area contributed by atoms with Crippen LogP contribution in [-0.2, 0) is 0 Å². The number of nitrogens with zero attached hydrogens (tertiary/aromatic N) is 2. The number of fused-ring (bicyclic) bond motifs is 1. The zero-order chi connectivity index (χ0) is 14.9. The Labute approximate surface area is 122 Å². The third-order valence-corrected chi connectivity index (χ3v) is 3.75. The fourth-order valence-corrected chi connectivity index (χ4v) is 2.83. The Morgan fingerprint density at radius 2 is 2.20 bits per heavy atom. The van der Waals surface area contributed by atoms with E-state index in [2.05, 4.69) is 4.98 Å². The standard InChI is InChI=1S/C14H19N3O2S/c1-4-17(8-14(2,3)19)12(18)9-5-6-10-11(7-9)20-13(15)16-10/h5-7,19H,4,8H2,1-3H3,(H2,15,16). The lowest BCUT2D eigenvalue weighted by Gasteiger charge is -2.28. The van der Waals surface area contributed by atoms with Crippen molar-refractivity contribution in [2.45, 2.75) is 26.4 Å². The van der Waals surface area contributed by atoms with Gasteiger partial charge in [0.1, 0.15) is 0 Å². The molecule has 1 aromatic carbocycles. The quantitative estimate of drug-likeness (QED) is 0.905. The van der Waals surface area contributed by atoms with Crippen molar-refractivity contribution < 1.29 is 9.90 Å². The summed E-state index contributed by atoms with van der Waals surface area (Å²) in [6.45, 7) is 6.12. The molecule has 0 unspecified atom stereocenters. The molecule has 0 aliphatic rings. The van der Waals surface area contributed by atoms with Crippen molar-refractivity contribution in [3.63, 3.8) is 0 Å². The maximum atomic E-state index is 12.5. The molecule has 1 aromatic heterocycles. The fraction of sp³-hybridized carbons (Fsp3) is 0.429. The van der Waals surface area contributed by atoms with E-state index in [0.717, 1.165) is 10.2 Å². The molecule has 0 fully saturated rings. The van der Waals surface area contributed by atoms with E-state index >= 15 is 0 Å². The molecule has 0 aliphatic heterocycles. The molecule has 2 aromatic rings. The first-order valence-electron chi connectivity index (χ1n) is 6.48. The van der Waals surface area contributed by atoms with Gasteiger partial charge in [-0.3, -0.25) is 4.79 Å². The van der Waals surface area contributed by atoms with Crippen LogP contribution in [0.2, 0.25) is 0 Å². The third-order valence-electron chi connectivity index (χ3n) is 2.90. The number of anilines is 1. The molecule has 1 amide bonds. The molecule has 108 valence electrons. The minimum Gasteiger partial charge on any atom is -0.389 e. The summed E-state index contributed by atoms with van der Waals surface area (Å²) < 4.78 is 0.896. The van der Waals surface area contributed by atoms with E-state index in [1.165, 1.54) is 11.3 Å². The Balaban J connectivity index is 2.29. The van der Waals surface area contributed by atoms with Gasteiger partial charge < -0.3 is 15.7 Å². The van der Waals surface area contributed by atoms with Gasteiger partial charge in [0.15, 0.2) is 5.13 Å². The molecule has 1 heterocycles. The van der Waals surface area contributed by atoms with Crippen LogP contribution in [0.25, 0.3) is 10.2 Å². The number of carbonyl (C=O) groups excluding carboxylic acids is 1. The van der Waals surface area contributed by atoms with Crippen molar-refractivity contribution in [3.05, 3.63) is 23.8 Å². The number of rotatable bonds is 4. The summed E-state index contributed by atoms with van der Waals surface area (Å²) in [4.78, 5) is 18.3. The monoisotopic (exact) mass is 293 g/mol. The molecule has 0 bridgehead atoms. The van der Waals surface area contributed by atoms with Crippen LogP contribution in [-0.4, -0.2) is 39.6 Å². The highest BCUT2D eigenvalue weighted by molar-refractivity contribution is 7.22. The number of nitrogens with two attached hydrogens (primary N) is 1. The predicted molar refractivity (Wildman–Crippen MR) is 81.9 cm³/mol. The molecule has 0 radical (unpaired) electrons. The van der Waals surface area contributed by atoms with Gasteiger partial charge in [0.2, 0.25) is 0 Å². The van der Waals surface area contributed by atoms with Gasteiger partial charge in [-0.15, -0.1) is 0 Å². The zero-order valence-electron chi connectivity index (χ0n) is 11.9. The molecule has 6 heteroatoms. The van der Waals surface area contributed by atoms with Crippen molar-refractivity contribution in [2.24, 2.45) is 0 Å². The van der Waals surface area contributed by atoms with E-state index in [0.29, 0.717) is 23.8 Å². The maximum Gasteiger partial charge on any atom is 0.253 e. The van der Waals surface area contributed by atoms with Crippen LogP contribution in [0.3, 0.4) is 0 Å². The van der Waals surface area contributed by atoms with E-state index in [-0.39, 0.29) is 5.91 Å². The first-order valence-corrected chi connectivity index (χ1v) is 7.29.